The summed E-state index contributed by atoms with van der Waals surface area (Å²) in [5, 5.41) is 2.95. The standard InChI is InChI=1S/C14H20N2O2S/c1-10(16-7-3-4-8-16)9-15-14(18)13-6-5-12(19-13)11(2)17/h5-6,10H,3-4,7-9H2,1-2H3,(H,15,18). The number of thiophene rings is 1. The van der Waals surface area contributed by atoms with Crippen LogP contribution in [0.1, 0.15) is 46.0 Å². The predicted molar refractivity (Wildman–Crippen MR) is 76.9 cm³/mol. The third-order valence-electron chi connectivity index (χ3n) is 3.50. The Morgan fingerprint density at radius 1 is 1.32 bits per heavy atom. The van der Waals surface area contributed by atoms with E-state index in [0.717, 1.165) is 13.1 Å². The van der Waals surface area contributed by atoms with Gasteiger partial charge in [-0.3, -0.25) is 14.5 Å². The highest BCUT2D eigenvalue weighted by Gasteiger charge is 2.19. The fraction of sp³-hybridized carbons (Fsp3) is 0.571. The minimum absolute atomic E-state index is 0.00878. The predicted octanol–water partition coefficient (Wildman–Crippen LogP) is 2.16. The van der Waals surface area contributed by atoms with Crippen molar-refractivity contribution in [3.63, 3.8) is 0 Å². The molecule has 0 radical (unpaired) electrons. The average Bonchev–Trinajstić information content (AvgIpc) is 3.05. The lowest BCUT2D eigenvalue weighted by Crippen LogP contribution is -2.40. The third kappa shape index (κ3) is 3.64. The van der Waals surface area contributed by atoms with Gasteiger partial charge in [0.15, 0.2) is 5.78 Å². The van der Waals surface area contributed by atoms with Crippen molar-refractivity contribution in [1.82, 2.24) is 10.2 Å². The largest absolute Gasteiger partial charge is 0.350 e. The van der Waals surface area contributed by atoms with Gasteiger partial charge in [0.2, 0.25) is 0 Å². The van der Waals surface area contributed by atoms with Gasteiger partial charge in [-0.05, 0) is 51.9 Å². The Bertz CT molecular complexity index is 464. The number of likely N-dealkylation sites (tertiary alicyclic amines) is 1. The first-order chi connectivity index (χ1) is 9.08. The van der Waals surface area contributed by atoms with Gasteiger partial charge in [-0.2, -0.15) is 0 Å². The van der Waals surface area contributed by atoms with Crippen LogP contribution < -0.4 is 5.32 Å². The Balaban J connectivity index is 1.84. The molecule has 0 saturated carbocycles. The van der Waals surface area contributed by atoms with E-state index in [9.17, 15) is 9.59 Å². The second-order valence-corrected chi connectivity index (χ2v) is 6.11. The SMILES string of the molecule is CC(=O)c1ccc(C(=O)NCC(C)N2CCCC2)s1. The van der Waals surface area contributed by atoms with Gasteiger partial charge in [0, 0.05) is 12.6 Å². The van der Waals surface area contributed by atoms with Gasteiger partial charge in [-0.15, -0.1) is 11.3 Å². The van der Waals surface area contributed by atoms with Crippen LogP contribution in [-0.4, -0.2) is 42.3 Å². The van der Waals surface area contributed by atoms with E-state index >= 15 is 0 Å². The van der Waals surface area contributed by atoms with Crippen LogP contribution in [0.4, 0.5) is 0 Å². The van der Waals surface area contributed by atoms with Crippen molar-refractivity contribution >= 4 is 23.0 Å². The molecule has 5 heteroatoms. The van der Waals surface area contributed by atoms with Crippen LogP contribution in [-0.2, 0) is 0 Å². The number of carbonyl (C=O) groups is 2. The van der Waals surface area contributed by atoms with Crippen LogP contribution in [0.15, 0.2) is 12.1 Å². The smallest absolute Gasteiger partial charge is 0.261 e. The molecule has 1 atom stereocenters. The minimum Gasteiger partial charge on any atom is -0.350 e. The number of carbonyl (C=O) groups excluding carboxylic acids is 2. The molecular formula is C14H20N2O2S. The van der Waals surface area contributed by atoms with Crippen molar-refractivity contribution in [1.29, 1.82) is 0 Å². The Hall–Kier alpha value is -1.20. The van der Waals surface area contributed by atoms with Crippen molar-refractivity contribution in [3.8, 4) is 0 Å². The lowest BCUT2D eigenvalue weighted by molar-refractivity contribution is 0.0944. The number of hydrogen-bond acceptors (Lipinski definition) is 4. The third-order valence-corrected chi connectivity index (χ3v) is 4.68. The molecule has 2 rings (SSSR count). The quantitative estimate of drug-likeness (QED) is 0.841. The highest BCUT2D eigenvalue weighted by Crippen LogP contribution is 2.17. The Kier molecular flexibility index (Phi) is 4.71. The molecule has 1 fully saturated rings. The lowest BCUT2D eigenvalue weighted by Gasteiger charge is -2.23. The van der Waals surface area contributed by atoms with Crippen molar-refractivity contribution in [2.24, 2.45) is 0 Å². The number of nitrogens with one attached hydrogen (secondary N) is 1. The maximum Gasteiger partial charge on any atom is 0.261 e. The summed E-state index contributed by atoms with van der Waals surface area (Å²) in [7, 11) is 0. The molecule has 104 valence electrons. The monoisotopic (exact) mass is 280 g/mol. The molecule has 1 unspecified atom stereocenters. The van der Waals surface area contributed by atoms with E-state index in [4.69, 9.17) is 0 Å². The topological polar surface area (TPSA) is 49.4 Å². The lowest BCUT2D eigenvalue weighted by atomic mass is 10.3. The van der Waals surface area contributed by atoms with Gasteiger partial charge in [0.25, 0.3) is 5.91 Å². The number of ketones is 1. The summed E-state index contributed by atoms with van der Waals surface area (Å²) in [6.45, 7) is 6.57. The molecular weight excluding hydrogens is 260 g/mol. The van der Waals surface area contributed by atoms with E-state index in [-0.39, 0.29) is 11.7 Å². The zero-order chi connectivity index (χ0) is 13.8. The first-order valence-corrected chi connectivity index (χ1v) is 7.52. The zero-order valence-corrected chi connectivity index (χ0v) is 12.3. The number of nitrogens with zero attached hydrogens (tertiary/aromatic N) is 1. The van der Waals surface area contributed by atoms with Crippen LogP contribution in [0, 0.1) is 0 Å². The summed E-state index contributed by atoms with van der Waals surface area (Å²) >= 11 is 1.26. The van der Waals surface area contributed by atoms with Crippen molar-refractivity contribution in [3.05, 3.63) is 21.9 Å². The molecule has 1 N–H and O–H groups in total. The molecule has 1 aliphatic rings. The van der Waals surface area contributed by atoms with Crippen molar-refractivity contribution in [2.45, 2.75) is 32.7 Å². The highest BCUT2D eigenvalue weighted by atomic mass is 32.1. The second-order valence-electron chi connectivity index (χ2n) is 5.02. The highest BCUT2D eigenvalue weighted by molar-refractivity contribution is 7.15. The van der Waals surface area contributed by atoms with Gasteiger partial charge in [-0.25, -0.2) is 0 Å². The second kappa shape index (κ2) is 6.30. The maximum atomic E-state index is 12.0. The molecule has 1 aromatic rings. The first kappa shape index (κ1) is 14.2. The molecule has 4 nitrogen and oxygen atoms in total. The van der Waals surface area contributed by atoms with Crippen molar-refractivity contribution in [2.75, 3.05) is 19.6 Å². The van der Waals surface area contributed by atoms with Gasteiger partial charge in [-0.1, -0.05) is 0 Å². The number of Topliss-reactive ketones (excluding diaryl/α,β-unsaturated/α-hetero) is 1. The van der Waals surface area contributed by atoms with E-state index in [1.807, 2.05) is 0 Å². The Labute approximate surface area is 117 Å². The molecule has 1 amide bonds. The fourth-order valence-corrected chi connectivity index (χ4v) is 3.11. The normalized spacial score (nSPS) is 17.4. The molecule has 0 aromatic carbocycles. The average molecular weight is 280 g/mol. The van der Waals surface area contributed by atoms with Gasteiger partial charge in [0.1, 0.15) is 0 Å². The van der Waals surface area contributed by atoms with Gasteiger partial charge < -0.3 is 5.32 Å². The fourth-order valence-electron chi connectivity index (χ4n) is 2.29. The summed E-state index contributed by atoms with van der Waals surface area (Å²) < 4.78 is 0. The van der Waals surface area contributed by atoms with Crippen LogP contribution in [0.3, 0.4) is 0 Å². The molecule has 19 heavy (non-hydrogen) atoms. The molecule has 1 aromatic heterocycles. The molecule has 2 heterocycles. The maximum absolute atomic E-state index is 12.0. The van der Waals surface area contributed by atoms with E-state index in [2.05, 4.69) is 17.1 Å². The summed E-state index contributed by atoms with van der Waals surface area (Å²) in [6.07, 6.45) is 2.51. The molecule has 0 aliphatic carbocycles. The zero-order valence-electron chi connectivity index (χ0n) is 11.4. The van der Waals surface area contributed by atoms with E-state index in [1.54, 1.807) is 12.1 Å². The minimum atomic E-state index is -0.0800. The summed E-state index contributed by atoms with van der Waals surface area (Å²) in [5.74, 6) is -0.0713. The summed E-state index contributed by atoms with van der Waals surface area (Å²) in [5.41, 5.74) is 0. The molecule has 0 spiro atoms. The Morgan fingerprint density at radius 3 is 2.53 bits per heavy atom. The molecule has 1 aliphatic heterocycles. The van der Waals surface area contributed by atoms with Crippen LogP contribution in [0.5, 0.6) is 0 Å². The van der Waals surface area contributed by atoms with E-state index in [1.165, 1.54) is 31.1 Å². The van der Waals surface area contributed by atoms with Gasteiger partial charge in [0.05, 0.1) is 9.75 Å². The summed E-state index contributed by atoms with van der Waals surface area (Å²) in [4.78, 5) is 26.8. The first-order valence-electron chi connectivity index (χ1n) is 6.71. The van der Waals surface area contributed by atoms with E-state index < -0.39 is 0 Å². The summed E-state index contributed by atoms with van der Waals surface area (Å²) in [6, 6.07) is 3.81. The number of amides is 1. The van der Waals surface area contributed by atoms with E-state index in [0.29, 0.717) is 22.3 Å². The molecule has 0 bridgehead atoms. The van der Waals surface area contributed by atoms with Crippen LogP contribution >= 0.6 is 11.3 Å². The Morgan fingerprint density at radius 2 is 1.95 bits per heavy atom. The van der Waals surface area contributed by atoms with Crippen molar-refractivity contribution < 1.29 is 9.59 Å². The van der Waals surface area contributed by atoms with Crippen LogP contribution in [0.2, 0.25) is 0 Å². The number of rotatable bonds is 5. The molecule has 1 saturated heterocycles. The number of hydrogen-bond donors (Lipinski definition) is 1. The van der Waals surface area contributed by atoms with Crippen LogP contribution in [0.25, 0.3) is 0 Å². The van der Waals surface area contributed by atoms with Gasteiger partial charge >= 0.3 is 0 Å².